The Hall–Kier alpha value is -0.0800. The van der Waals surface area contributed by atoms with Gasteiger partial charge in [-0.3, -0.25) is 0 Å². The van der Waals surface area contributed by atoms with Gasteiger partial charge in [-0.15, -0.1) is 0 Å². The van der Waals surface area contributed by atoms with E-state index in [-0.39, 0.29) is 5.60 Å². The zero-order chi connectivity index (χ0) is 8.47. The van der Waals surface area contributed by atoms with Crippen molar-refractivity contribution in [2.45, 2.75) is 49.9 Å². The van der Waals surface area contributed by atoms with Crippen LogP contribution in [0.15, 0.2) is 0 Å². The second-order valence-electron chi connectivity index (χ2n) is 5.28. The van der Waals surface area contributed by atoms with E-state index in [4.69, 9.17) is 9.47 Å². The molecule has 2 nitrogen and oxygen atoms in total. The molecule has 0 aromatic rings. The highest BCUT2D eigenvalue weighted by Gasteiger charge is 2.65. The Bertz CT molecular complexity index is 250. The lowest BCUT2D eigenvalue weighted by Gasteiger charge is -2.41. The Labute approximate surface area is 78.6 Å². The van der Waals surface area contributed by atoms with Gasteiger partial charge in [0.1, 0.15) is 6.10 Å². The first-order valence-electron chi connectivity index (χ1n) is 5.68. The molecule has 2 bridgehead atoms. The van der Waals surface area contributed by atoms with Crippen molar-refractivity contribution in [2.24, 2.45) is 11.8 Å². The monoisotopic (exact) mass is 180 g/mol. The van der Waals surface area contributed by atoms with E-state index in [0.717, 1.165) is 18.4 Å². The van der Waals surface area contributed by atoms with E-state index in [1.54, 1.807) is 0 Å². The molecule has 5 atom stereocenters. The van der Waals surface area contributed by atoms with Crippen LogP contribution in [0.3, 0.4) is 0 Å². The molecule has 2 heterocycles. The maximum absolute atomic E-state index is 6.10. The fourth-order valence-electron chi connectivity index (χ4n) is 3.97. The quantitative estimate of drug-likeness (QED) is 0.529. The summed E-state index contributed by atoms with van der Waals surface area (Å²) in [5.41, 5.74) is 0.200. The topological polar surface area (TPSA) is 21.8 Å². The summed E-state index contributed by atoms with van der Waals surface area (Å²) in [6.45, 7) is 1.02. The van der Waals surface area contributed by atoms with Gasteiger partial charge in [0.15, 0.2) is 0 Å². The number of hydrogen-bond donors (Lipinski definition) is 0. The molecule has 1 spiro atoms. The normalized spacial score (nSPS) is 62.8. The number of fused-ring (bicyclic) bond motifs is 2. The molecule has 4 fully saturated rings. The molecule has 0 aromatic heterocycles. The van der Waals surface area contributed by atoms with Crippen LogP contribution in [0.5, 0.6) is 0 Å². The summed E-state index contributed by atoms with van der Waals surface area (Å²) in [5.74, 6) is 1.69. The Balaban J connectivity index is 1.75. The second-order valence-corrected chi connectivity index (χ2v) is 5.28. The number of ether oxygens (including phenoxy) is 2. The summed E-state index contributed by atoms with van der Waals surface area (Å²) >= 11 is 0. The lowest BCUT2D eigenvalue weighted by atomic mass is 9.66. The largest absolute Gasteiger partial charge is 0.372 e. The molecule has 4 rings (SSSR count). The smallest absolute Gasteiger partial charge is 0.113 e. The summed E-state index contributed by atoms with van der Waals surface area (Å²) in [6.07, 6.45) is 7.84. The van der Waals surface area contributed by atoms with E-state index >= 15 is 0 Å². The van der Waals surface area contributed by atoms with Crippen molar-refractivity contribution in [3.8, 4) is 0 Å². The van der Waals surface area contributed by atoms with Crippen LogP contribution in [0.1, 0.15) is 32.1 Å². The van der Waals surface area contributed by atoms with Gasteiger partial charge >= 0.3 is 0 Å². The highest BCUT2D eigenvalue weighted by molar-refractivity contribution is 5.14. The maximum atomic E-state index is 6.10. The fourth-order valence-corrected chi connectivity index (χ4v) is 3.97. The lowest BCUT2D eigenvalue weighted by Crippen LogP contribution is -2.48. The molecule has 4 aliphatic rings. The number of rotatable bonds is 0. The van der Waals surface area contributed by atoms with Gasteiger partial charge < -0.3 is 9.47 Å². The molecule has 5 unspecified atom stereocenters. The summed E-state index contributed by atoms with van der Waals surface area (Å²) in [6, 6.07) is 0. The zero-order valence-corrected chi connectivity index (χ0v) is 7.87. The van der Waals surface area contributed by atoms with Gasteiger partial charge in [0.2, 0.25) is 0 Å². The van der Waals surface area contributed by atoms with Gasteiger partial charge in [0.25, 0.3) is 0 Å². The first-order chi connectivity index (χ1) is 6.38. The third-order valence-electron chi connectivity index (χ3n) is 4.67. The van der Waals surface area contributed by atoms with E-state index in [1.807, 2.05) is 0 Å². The molecule has 13 heavy (non-hydrogen) atoms. The van der Waals surface area contributed by atoms with Gasteiger partial charge in [0.05, 0.1) is 18.3 Å². The SMILES string of the molecule is C1CC2CCC3OC3C23CC1CO3. The highest BCUT2D eigenvalue weighted by Crippen LogP contribution is 2.58. The van der Waals surface area contributed by atoms with Gasteiger partial charge in [-0.25, -0.2) is 0 Å². The van der Waals surface area contributed by atoms with Gasteiger partial charge in [0, 0.05) is 0 Å². The molecule has 0 amide bonds. The van der Waals surface area contributed by atoms with Crippen LogP contribution in [0.25, 0.3) is 0 Å². The Morgan fingerprint density at radius 2 is 2.00 bits per heavy atom. The molecular formula is C11H16O2. The van der Waals surface area contributed by atoms with Crippen LogP contribution in [-0.2, 0) is 9.47 Å². The molecular weight excluding hydrogens is 164 g/mol. The van der Waals surface area contributed by atoms with Crippen molar-refractivity contribution in [1.29, 1.82) is 0 Å². The molecule has 2 aliphatic carbocycles. The molecule has 0 aromatic carbocycles. The summed E-state index contributed by atoms with van der Waals surface area (Å²) in [4.78, 5) is 0. The van der Waals surface area contributed by atoms with Crippen molar-refractivity contribution >= 4 is 0 Å². The average Bonchev–Trinajstić information content (AvgIpc) is 2.87. The molecule has 2 heteroatoms. The van der Waals surface area contributed by atoms with Crippen molar-refractivity contribution in [1.82, 2.24) is 0 Å². The number of hydrogen-bond acceptors (Lipinski definition) is 2. The summed E-state index contributed by atoms with van der Waals surface area (Å²) in [7, 11) is 0. The van der Waals surface area contributed by atoms with Crippen LogP contribution in [0.2, 0.25) is 0 Å². The third kappa shape index (κ3) is 0.774. The second kappa shape index (κ2) is 2.12. The van der Waals surface area contributed by atoms with Crippen molar-refractivity contribution in [3.63, 3.8) is 0 Å². The van der Waals surface area contributed by atoms with E-state index in [0.29, 0.717) is 12.2 Å². The van der Waals surface area contributed by atoms with Crippen molar-refractivity contribution in [2.75, 3.05) is 6.61 Å². The minimum absolute atomic E-state index is 0.200. The van der Waals surface area contributed by atoms with Crippen LogP contribution >= 0.6 is 0 Å². The zero-order valence-electron chi connectivity index (χ0n) is 7.87. The molecule has 2 saturated carbocycles. The first kappa shape index (κ1) is 7.24. The fraction of sp³-hybridized carbons (Fsp3) is 1.00. The summed E-state index contributed by atoms with van der Waals surface area (Å²) < 4.78 is 11.8. The van der Waals surface area contributed by atoms with E-state index in [2.05, 4.69) is 0 Å². The first-order valence-corrected chi connectivity index (χ1v) is 5.68. The van der Waals surface area contributed by atoms with E-state index in [1.165, 1.54) is 32.1 Å². The van der Waals surface area contributed by atoms with Gasteiger partial charge in [-0.05, 0) is 43.9 Å². The van der Waals surface area contributed by atoms with Crippen LogP contribution < -0.4 is 0 Å². The Morgan fingerprint density at radius 3 is 3.00 bits per heavy atom. The Kier molecular flexibility index (Phi) is 1.18. The Morgan fingerprint density at radius 1 is 1.08 bits per heavy atom. The minimum atomic E-state index is 0.200. The third-order valence-corrected chi connectivity index (χ3v) is 4.67. The number of epoxide rings is 1. The van der Waals surface area contributed by atoms with E-state index in [9.17, 15) is 0 Å². The predicted molar refractivity (Wildman–Crippen MR) is 47.4 cm³/mol. The van der Waals surface area contributed by atoms with Crippen molar-refractivity contribution in [3.05, 3.63) is 0 Å². The van der Waals surface area contributed by atoms with Gasteiger partial charge in [-0.1, -0.05) is 0 Å². The predicted octanol–water partition coefficient (Wildman–Crippen LogP) is 1.73. The molecule has 72 valence electrons. The highest BCUT2D eigenvalue weighted by atomic mass is 16.6. The van der Waals surface area contributed by atoms with Crippen LogP contribution in [-0.4, -0.2) is 24.4 Å². The standard InChI is InChI=1S/C11H16O2/c1-2-8-3-4-9-10(13-9)11(8)5-7(1)6-12-11/h7-10H,1-6H2. The maximum Gasteiger partial charge on any atom is 0.113 e. The molecule has 2 aliphatic heterocycles. The minimum Gasteiger partial charge on any atom is -0.372 e. The van der Waals surface area contributed by atoms with Crippen molar-refractivity contribution < 1.29 is 9.47 Å². The average molecular weight is 180 g/mol. The molecule has 2 saturated heterocycles. The molecule has 0 N–H and O–H groups in total. The van der Waals surface area contributed by atoms with Crippen LogP contribution in [0, 0.1) is 11.8 Å². The van der Waals surface area contributed by atoms with Gasteiger partial charge in [-0.2, -0.15) is 0 Å². The lowest BCUT2D eigenvalue weighted by molar-refractivity contribution is -0.0712. The van der Waals surface area contributed by atoms with Crippen LogP contribution in [0.4, 0.5) is 0 Å². The van der Waals surface area contributed by atoms with E-state index < -0.39 is 0 Å². The molecule has 0 radical (unpaired) electrons. The summed E-state index contributed by atoms with van der Waals surface area (Å²) in [5, 5.41) is 0.